The second-order valence-electron chi connectivity index (χ2n) is 13.9. The zero-order valence-corrected chi connectivity index (χ0v) is 28.1. The number of hydrogen-bond acceptors (Lipinski definition) is 9. The molecule has 6 unspecified atom stereocenters. The first-order chi connectivity index (χ1) is 22.9. The normalized spacial score (nSPS) is 30.1. The highest BCUT2D eigenvalue weighted by Crippen LogP contribution is 2.62. The topological polar surface area (TPSA) is 113 Å². The van der Waals surface area contributed by atoms with Gasteiger partial charge in [0.1, 0.15) is 31.3 Å². The minimum atomic E-state index is -1.18. The molecule has 2 aliphatic heterocycles. The zero-order chi connectivity index (χ0) is 33.0. The number of likely N-dealkylation sites (N-methyl/N-ethyl adjacent to an activating group) is 1. The molecule has 3 aliphatic carbocycles. The number of benzene rings is 1. The van der Waals surface area contributed by atoms with Crippen molar-refractivity contribution in [2.24, 2.45) is 28.8 Å². The molecule has 2 heterocycles. The molecule has 1 amide bonds. The van der Waals surface area contributed by atoms with Crippen LogP contribution in [-0.2, 0) is 14.4 Å². The molecule has 0 spiro atoms. The second-order valence-corrected chi connectivity index (χ2v) is 13.9. The van der Waals surface area contributed by atoms with Gasteiger partial charge in [-0.05, 0) is 74.1 Å². The summed E-state index contributed by atoms with van der Waals surface area (Å²) in [6, 6.07) is 5.70. The van der Waals surface area contributed by atoms with Crippen molar-refractivity contribution in [1.82, 2.24) is 9.80 Å². The number of oxime groups is 1. The largest absolute Gasteiger partial charge is 0.492 e. The minimum Gasteiger partial charge on any atom is -0.492 e. The smallest absolute Gasteiger partial charge is 0.239 e. The van der Waals surface area contributed by atoms with E-state index < -0.39 is 11.8 Å². The molecule has 6 rings (SSSR count). The highest BCUT2D eigenvalue weighted by atomic mass is 16.7. The lowest BCUT2D eigenvalue weighted by molar-refractivity contribution is -0.255. The van der Waals surface area contributed by atoms with Gasteiger partial charge in [0.15, 0.2) is 0 Å². The summed E-state index contributed by atoms with van der Waals surface area (Å²) < 4.78 is 20.3. The van der Waals surface area contributed by atoms with E-state index >= 15 is 0 Å². The fraction of sp³-hybridized carbons (Fsp3) is 0.676. The molecule has 5 aliphatic rings. The van der Waals surface area contributed by atoms with Gasteiger partial charge in [0.25, 0.3) is 0 Å². The molecule has 10 nitrogen and oxygen atoms in total. The first kappa shape index (κ1) is 34.0. The third-order valence-corrected chi connectivity index (χ3v) is 10.8. The van der Waals surface area contributed by atoms with Crippen LogP contribution in [0.3, 0.4) is 0 Å². The third-order valence-electron chi connectivity index (χ3n) is 10.8. The van der Waals surface area contributed by atoms with Gasteiger partial charge in [-0.25, -0.2) is 0 Å². The van der Waals surface area contributed by atoms with Crippen LogP contribution < -0.4 is 9.47 Å². The number of aliphatic hydroxyl groups is 2. The van der Waals surface area contributed by atoms with Gasteiger partial charge in [0, 0.05) is 63.7 Å². The van der Waals surface area contributed by atoms with Crippen LogP contribution in [0.5, 0.6) is 11.5 Å². The number of nitrogens with zero attached hydrogens (tertiary/aromatic N) is 3. The van der Waals surface area contributed by atoms with Gasteiger partial charge in [-0.1, -0.05) is 30.1 Å². The molecule has 1 aromatic carbocycles. The van der Waals surface area contributed by atoms with Crippen molar-refractivity contribution in [2.75, 3.05) is 60.2 Å². The average molecular weight is 652 g/mol. The fourth-order valence-corrected chi connectivity index (χ4v) is 8.29. The molecule has 47 heavy (non-hydrogen) atoms. The van der Waals surface area contributed by atoms with Crippen LogP contribution in [0.4, 0.5) is 0 Å². The maximum absolute atomic E-state index is 13.7. The van der Waals surface area contributed by atoms with E-state index in [0.29, 0.717) is 13.0 Å². The van der Waals surface area contributed by atoms with Crippen LogP contribution in [0.2, 0.25) is 0 Å². The summed E-state index contributed by atoms with van der Waals surface area (Å²) >= 11 is 0. The Morgan fingerprint density at radius 3 is 2.62 bits per heavy atom. The van der Waals surface area contributed by atoms with Crippen molar-refractivity contribution in [3.63, 3.8) is 0 Å². The van der Waals surface area contributed by atoms with Gasteiger partial charge in [-0.15, -0.1) is 6.58 Å². The molecule has 258 valence electrons. The Kier molecular flexibility index (Phi) is 10.9. The number of rotatable bonds is 18. The van der Waals surface area contributed by atoms with Crippen LogP contribution in [0, 0.1) is 23.7 Å². The molecular formula is C37H53N3O7. The molecule has 2 saturated carbocycles. The number of carbonyl (C=O) groups is 1. The monoisotopic (exact) mass is 651 g/mol. The lowest BCUT2D eigenvalue weighted by atomic mass is 9.55. The lowest BCUT2D eigenvalue weighted by Crippen LogP contribution is -2.69. The first-order valence-electron chi connectivity index (χ1n) is 17.7. The van der Waals surface area contributed by atoms with Crippen molar-refractivity contribution in [1.29, 1.82) is 0 Å². The second kappa shape index (κ2) is 15.1. The Balaban J connectivity index is 1.51. The molecule has 1 saturated heterocycles. The molecule has 1 aromatic rings. The van der Waals surface area contributed by atoms with Crippen molar-refractivity contribution in [3.8, 4) is 11.5 Å². The van der Waals surface area contributed by atoms with E-state index in [1.54, 1.807) is 13.2 Å². The SMILES string of the molecule is C=CCOC12Oc3ccc(OCCN4CC4)cc3C3C(CCCCO)C(CCCCO)C=C(C(=NOC)CC1N(C)C(=O)C1CC1)C32. The number of carbonyl (C=O) groups excluding carboxylic acids is 1. The lowest BCUT2D eigenvalue weighted by Gasteiger charge is -2.59. The maximum Gasteiger partial charge on any atom is 0.239 e. The van der Waals surface area contributed by atoms with Gasteiger partial charge in [-0.2, -0.15) is 0 Å². The summed E-state index contributed by atoms with van der Waals surface area (Å²) in [6.45, 7) is 8.34. The van der Waals surface area contributed by atoms with Gasteiger partial charge in [-0.3, -0.25) is 9.69 Å². The van der Waals surface area contributed by atoms with Gasteiger partial charge >= 0.3 is 0 Å². The van der Waals surface area contributed by atoms with Crippen LogP contribution in [0.1, 0.15) is 69.3 Å². The Morgan fingerprint density at radius 2 is 1.94 bits per heavy atom. The average Bonchev–Trinajstić information content (AvgIpc) is 4.01. The predicted molar refractivity (Wildman–Crippen MR) is 179 cm³/mol. The Bertz CT molecular complexity index is 1320. The number of aliphatic hydroxyl groups excluding tert-OH is 2. The Labute approximate surface area is 279 Å². The number of amides is 1. The van der Waals surface area contributed by atoms with E-state index in [-0.39, 0.29) is 55.3 Å². The number of ether oxygens (including phenoxy) is 3. The van der Waals surface area contributed by atoms with Crippen LogP contribution >= 0.6 is 0 Å². The van der Waals surface area contributed by atoms with Crippen LogP contribution in [0.15, 0.2) is 47.7 Å². The standard InChI is InChI=1S/C37H53N3O7/c1-4-20-46-37-33(39(2)36(43)25-11-12-25)24-31(38-44-3)29-22-26(9-5-7-18-41)28(10-6-8-19-42)34(35(29)37)30-23-27(13-14-32(30)47-37)45-21-17-40-15-16-40/h4,13-14,22-23,25-26,28,33-35,41-42H,1,5-12,15-21,24H2,2-3H3. The highest BCUT2D eigenvalue weighted by Gasteiger charge is 2.65. The summed E-state index contributed by atoms with van der Waals surface area (Å²) in [5.74, 6) is 0.609. The summed E-state index contributed by atoms with van der Waals surface area (Å²) in [4.78, 5) is 23.4. The molecular weight excluding hydrogens is 598 g/mol. The van der Waals surface area contributed by atoms with E-state index in [1.807, 2.05) is 24.1 Å². The van der Waals surface area contributed by atoms with Gasteiger partial charge in [0.05, 0.1) is 18.2 Å². The van der Waals surface area contributed by atoms with Crippen LogP contribution in [0.25, 0.3) is 0 Å². The van der Waals surface area contributed by atoms with E-state index in [2.05, 4.69) is 28.8 Å². The third kappa shape index (κ3) is 7.12. The van der Waals surface area contributed by atoms with Crippen molar-refractivity contribution in [3.05, 3.63) is 48.1 Å². The molecule has 10 heteroatoms. The Morgan fingerprint density at radius 1 is 1.17 bits per heavy atom. The molecule has 0 radical (unpaired) electrons. The summed E-state index contributed by atoms with van der Waals surface area (Å²) in [6.07, 6.45) is 11.4. The zero-order valence-electron chi connectivity index (χ0n) is 28.1. The number of fused-ring (bicyclic) bond motifs is 2. The molecule has 0 bridgehead atoms. The van der Waals surface area contributed by atoms with E-state index in [1.165, 1.54) is 0 Å². The van der Waals surface area contributed by atoms with Gasteiger partial charge < -0.3 is 34.2 Å². The number of unbranched alkanes of at least 4 members (excludes halogenated alkanes) is 2. The Hall–Kier alpha value is -2.92. The minimum absolute atomic E-state index is 0.0306. The van der Waals surface area contributed by atoms with E-state index in [9.17, 15) is 15.0 Å². The summed E-state index contributed by atoms with van der Waals surface area (Å²) in [5, 5.41) is 24.0. The first-order valence-corrected chi connectivity index (χ1v) is 17.7. The quantitative estimate of drug-likeness (QED) is 0.103. The van der Waals surface area contributed by atoms with Crippen molar-refractivity contribution < 1.29 is 34.1 Å². The maximum atomic E-state index is 13.7. The van der Waals surface area contributed by atoms with Gasteiger partial charge in [0.2, 0.25) is 11.7 Å². The molecule has 3 fully saturated rings. The molecule has 2 N–H and O–H groups in total. The van der Waals surface area contributed by atoms with Crippen LogP contribution in [-0.4, -0.2) is 104 Å². The highest BCUT2D eigenvalue weighted by molar-refractivity contribution is 6.03. The summed E-state index contributed by atoms with van der Waals surface area (Å²) in [5.41, 5.74) is 2.95. The predicted octanol–water partition coefficient (Wildman–Crippen LogP) is 4.51. The number of allylic oxidation sites excluding steroid dienone is 1. The van der Waals surface area contributed by atoms with Crippen molar-refractivity contribution >= 4 is 11.6 Å². The molecule has 6 atom stereocenters. The molecule has 0 aromatic heterocycles. The van der Waals surface area contributed by atoms with E-state index in [4.69, 9.17) is 19.0 Å². The van der Waals surface area contributed by atoms with Crippen molar-refractivity contribution in [2.45, 2.75) is 75.5 Å². The summed E-state index contributed by atoms with van der Waals surface area (Å²) in [7, 11) is 3.45. The van der Waals surface area contributed by atoms with E-state index in [0.717, 1.165) is 99.3 Å². The number of hydrogen-bond donors (Lipinski definition) is 2. The fourth-order valence-electron chi connectivity index (χ4n) is 8.29.